The van der Waals surface area contributed by atoms with Gasteiger partial charge in [-0.3, -0.25) is 19.0 Å². The fourth-order valence-electron chi connectivity index (χ4n) is 3.83. The van der Waals surface area contributed by atoms with E-state index >= 15 is 0 Å². The second-order valence-corrected chi connectivity index (χ2v) is 8.29. The zero-order valence-corrected chi connectivity index (χ0v) is 19.1. The molecule has 33 heavy (non-hydrogen) atoms. The monoisotopic (exact) mass is 439 g/mol. The maximum Gasteiger partial charge on any atom is 0.278 e. The van der Waals surface area contributed by atoms with Crippen LogP contribution in [0, 0.1) is 20.8 Å². The van der Waals surface area contributed by atoms with Gasteiger partial charge in [-0.1, -0.05) is 35.9 Å². The van der Waals surface area contributed by atoms with Crippen LogP contribution in [-0.4, -0.2) is 21.2 Å². The third-order valence-electron chi connectivity index (χ3n) is 5.72. The number of para-hydroxylation sites is 2. The van der Waals surface area contributed by atoms with E-state index in [0.29, 0.717) is 27.8 Å². The van der Waals surface area contributed by atoms with Gasteiger partial charge in [0.2, 0.25) is 5.91 Å². The average molecular weight is 440 g/mol. The fourth-order valence-corrected chi connectivity index (χ4v) is 3.83. The summed E-state index contributed by atoms with van der Waals surface area (Å²) in [6, 6.07) is 18.2. The summed E-state index contributed by atoms with van der Waals surface area (Å²) < 4.78 is 1.47. The van der Waals surface area contributed by atoms with Crippen LogP contribution < -0.4 is 10.9 Å². The van der Waals surface area contributed by atoms with E-state index in [0.717, 1.165) is 16.7 Å². The van der Waals surface area contributed by atoms with Crippen molar-refractivity contribution in [3.63, 3.8) is 0 Å². The summed E-state index contributed by atoms with van der Waals surface area (Å²) >= 11 is 0. The third kappa shape index (κ3) is 4.46. The Hall–Kier alpha value is -4.06. The summed E-state index contributed by atoms with van der Waals surface area (Å²) in [5.74, 6) is -0.403. The summed E-state index contributed by atoms with van der Waals surface area (Å²) in [7, 11) is 0. The van der Waals surface area contributed by atoms with Crippen LogP contribution in [0.1, 0.15) is 34.0 Å². The average Bonchev–Trinajstić information content (AvgIpc) is 2.78. The highest BCUT2D eigenvalue weighted by molar-refractivity contribution is 5.97. The molecule has 4 aromatic rings. The second-order valence-electron chi connectivity index (χ2n) is 8.29. The SMILES string of the molecule is CC(=O)Nc1ccc(C)cc1-c1nc2ccccc2n(CC(=O)c2ccc(C)c(C)c2)c1=O. The number of hydrogen-bond acceptors (Lipinski definition) is 4. The summed E-state index contributed by atoms with van der Waals surface area (Å²) in [5, 5.41) is 2.78. The number of carbonyl (C=O) groups is 2. The van der Waals surface area contributed by atoms with E-state index in [4.69, 9.17) is 0 Å². The molecule has 0 saturated carbocycles. The maximum absolute atomic E-state index is 13.7. The number of carbonyl (C=O) groups excluding carboxylic acids is 2. The van der Waals surface area contributed by atoms with E-state index in [2.05, 4.69) is 10.3 Å². The van der Waals surface area contributed by atoms with E-state index in [1.807, 2.05) is 63.2 Å². The molecule has 0 aliphatic carbocycles. The normalized spacial score (nSPS) is 10.9. The van der Waals surface area contributed by atoms with Crippen molar-refractivity contribution >= 4 is 28.4 Å². The molecular weight excluding hydrogens is 414 g/mol. The molecule has 0 fully saturated rings. The Labute approximate surface area is 191 Å². The Bertz CT molecular complexity index is 1470. The first-order chi connectivity index (χ1) is 15.7. The molecule has 1 aromatic heterocycles. The molecule has 0 spiro atoms. The fraction of sp³-hybridized carbons (Fsp3) is 0.185. The molecule has 3 aromatic carbocycles. The van der Waals surface area contributed by atoms with E-state index in [1.54, 1.807) is 18.2 Å². The zero-order valence-electron chi connectivity index (χ0n) is 19.1. The molecule has 0 saturated heterocycles. The van der Waals surface area contributed by atoms with E-state index in [-0.39, 0.29) is 29.5 Å². The van der Waals surface area contributed by atoms with Gasteiger partial charge in [-0.2, -0.15) is 0 Å². The lowest BCUT2D eigenvalue weighted by molar-refractivity contribution is -0.114. The molecular formula is C27H25N3O3. The lowest BCUT2D eigenvalue weighted by atomic mass is 10.0. The number of aryl methyl sites for hydroxylation is 3. The molecule has 1 N–H and O–H groups in total. The van der Waals surface area contributed by atoms with Gasteiger partial charge in [0.15, 0.2) is 5.78 Å². The first-order valence-electron chi connectivity index (χ1n) is 10.7. The summed E-state index contributed by atoms with van der Waals surface area (Å²) in [5.41, 5.74) is 5.60. The Morgan fingerprint density at radius 3 is 2.42 bits per heavy atom. The highest BCUT2D eigenvalue weighted by Gasteiger charge is 2.19. The molecule has 0 unspecified atom stereocenters. The Balaban J connectivity index is 1.90. The molecule has 6 nitrogen and oxygen atoms in total. The number of Topliss-reactive ketones (excluding diaryl/α,β-unsaturated/α-hetero) is 1. The van der Waals surface area contributed by atoms with Gasteiger partial charge in [0, 0.05) is 18.1 Å². The van der Waals surface area contributed by atoms with Crippen LogP contribution >= 0.6 is 0 Å². The van der Waals surface area contributed by atoms with Gasteiger partial charge in [0.25, 0.3) is 5.56 Å². The lowest BCUT2D eigenvalue weighted by Gasteiger charge is -2.15. The number of ketones is 1. The first-order valence-corrected chi connectivity index (χ1v) is 10.7. The molecule has 0 atom stereocenters. The number of anilines is 1. The maximum atomic E-state index is 13.7. The Morgan fingerprint density at radius 1 is 0.939 bits per heavy atom. The number of nitrogens with zero attached hydrogens (tertiary/aromatic N) is 2. The topological polar surface area (TPSA) is 81.1 Å². The minimum Gasteiger partial charge on any atom is -0.326 e. The summed E-state index contributed by atoms with van der Waals surface area (Å²) in [6.07, 6.45) is 0. The number of fused-ring (bicyclic) bond motifs is 1. The van der Waals surface area contributed by atoms with Gasteiger partial charge in [-0.25, -0.2) is 4.98 Å². The van der Waals surface area contributed by atoms with Crippen molar-refractivity contribution in [3.8, 4) is 11.3 Å². The van der Waals surface area contributed by atoms with Crippen molar-refractivity contribution in [3.05, 3.63) is 93.3 Å². The molecule has 1 heterocycles. The van der Waals surface area contributed by atoms with E-state index in [1.165, 1.54) is 11.5 Å². The van der Waals surface area contributed by atoms with Crippen molar-refractivity contribution in [1.29, 1.82) is 0 Å². The molecule has 1 amide bonds. The van der Waals surface area contributed by atoms with Crippen LogP contribution in [0.5, 0.6) is 0 Å². The van der Waals surface area contributed by atoms with Crippen molar-refractivity contribution in [2.24, 2.45) is 0 Å². The zero-order chi connectivity index (χ0) is 23.7. The number of nitrogens with one attached hydrogen (secondary N) is 1. The van der Waals surface area contributed by atoms with Crippen molar-refractivity contribution in [2.75, 3.05) is 5.32 Å². The molecule has 0 aliphatic heterocycles. The van der Waals surface area contributed by atoms with Gasteiger partial charge in [-0.15, -0.1) is 0 Å². The number of hydrogen-bond donors (Lipinski definition) is 1. The molecule has 0 aliphatic rings. The Morgan fingerprint density at radius 2 is 1.70 bits per heavy atom. The third-order valence-corrected chi connectivity index (χ3v) is 5.72. The number of benzene rings is 3. The molecule has 6 heteroatoms. The van der Waals surface area contributed by atoms with Crippen molar-refractivity contribution in [2.45, 2.75) is 34.2 Å². The first kappa shape index (κ1) is 22.1. The predicted molar refractivity (Wildman–Crippen MR) is 131 cm³/mol. The van der Waals surface area contributed by atoms with Gasteiger partial charge >= 0.3 is 0 Å². The van der Waals surface area contributed by atoms with Crippen molar-refractivity contribution < 1.29 is 9.59 Å². The summed E-state index contributed by atoms with van der Waals surface area (Å²) in [4.78, 5) is 43.2. The molecule has 4 rings (SSSR count). The van der Waals surface area contributed by atoms with Gasteiger partial charge in [0.1, 0.15) is 5.69 Å². The van der Waals surface area contributed by atoms with Crippen LogP contribution in [0.2, 0.25) is 0 Å². The molecule has 0 radical (unpaired) electrons. The lowest BCUT2D eigenvalue weighted by Crippen LogP contribution is -2.27. The molecule has 166 valence electrons. The largest absolute Gasteiger partial charge is 0.326 e. The van der Waals surface area contributed by atoms with Crippen molar-refractivity contribution in [1.82, 2.24) is 9.55 Å². The number of rotatable bonds is 5. The van der Waals surface area contributed by atoms with Crippen LogP contribution in [0.4, 0.5) is 5.69 Å². The second kappa shape index (κ2) is 8.82. The predicted octanol–water partition coefficient (Wildman–Crippen LogP) is 4.83. The Kier molecular flexibility index (Phi) is 5.92. The van der Waals surface area contributed by atoms with Crippen LogP contribution in [0.15, 0.2) is 65.5 Å². The van der Waals surface area contributed by atoms with Gasteiger partial charge in [-0.05, 0) is 62.2 Å². The van der Waals surface area contributed by atoms with Crippen LogP contribution in [0.25, 0.3) is 22.3 Å². The highest BCUT2D eigenvalue weighted by atomic mass is 16.2. The van der Waals surface area contributed by atoms with E-state index in [9.17, 15) is 14.4 Å². The smallest absolute Gasteiger partial charge is 0.278 e. The van der Waals surface area contributed by atoms with E-state index < -0.39 is 0 Å². The quantitative estimate of drug-likeness (QED) is 0.452. The summed E-state index contributed by atoms with van der Waals surface area (Å²) in [6.45, 7) is 7.16. The highest BCUT2D eigenvalue weighted by Crippen LogP contribution is 2.27. The van der Waals surface area contributed by atoms with Gasteiger partial charge in [0.05, 0.1) is 23.3 Å². The number of aromatic nitrogens is 2. The minimum absolute atomic E-state index is 0.112. The molecule has 0 bridgehead atoms. The minimum atomic E-state index is -0.386. The van der Waals surface area contributed by atoms with Gasteiger partial charge < -0.3 is 5.32 Å². The van der Waals surface area contributed by atoms with Crippen LogP contribution in [0.3, 0.4) is 0 Å². The number of amides is 1. The van der Waals surface area contributed by atoms with Crippen LogP contribution in [-0.2, 0) is 11.3 Å². The standard InChI is InChI=1S/C27H25N3O3/c1-16-9-12-22(28-19(4)31)21(13-16)26-27(33)30(24-8-6-5-7-23(24)29-26)15-25(32)20-11-10-17(2)18(3)14-20/h5-14H,15H2,1-4H3,(H,28,31).